The molecule has 1 atom stereocenters. The molecule has 1 aromatic rings. The molecule has 1 fully saturated rings. The SMILES string of the molecule is Cc1cc(C(O)CCN2CCCCC2)ccc1Br. The van der Waals surface area contributed by atoms with Crippen molar-refractivity contribution in [1.29, 1.82) is 0 Å². The van der Waals surface area contributed by atoms with Crippen LogP contribution in [0, 0.1) is 6.92 Å². The third-order valence-electron chi connectivity index (χ3n) is 3.73. The lowest BCUT2D eigenvalue weighted by Gasteiger charge is -2.27. The van der Waals surface area contributed by atoms with Gasteiger partial charge in [-0.2, -0.15) is 0 Å². The number of hydrogen-bond acceptors (Lipinski definition) is 2. The van der Waals surface area contributed by atoms with Crippen molar-refractivity contribution >= 4 is 15.9 Å². The standard InChI is InChI=1S/C15H22BrNO/c1-12-11-13(5-6-14(12)16)15(18)7-10-17-8-3-2-4-9-17/h5-6,11,15,18H,2-4,7-10H2,1H3. The molecule has 3 heteroatoms. The van der Waals surface area contributed by atoms with Gasteiger partial charge in [0.2, 0.25) is 0 Å². The van der Waals surface area contributed by atoms with Crippen LogP contribution in [0.25, 0.3) is 0 Å². The number of benzene rings is 1. The van der Waals surface area contributed by atoms with Gasteiger partial charge in [-0.15, -0.1) is 0 Å². The highest BCUT2D eigenvalue weighted by atomic mass is 79.9. The molecule has 0 spiro atoms. The number of likely N-dealkylation sites (tertiary alicyclic amines) is 1. The minimum absolute atomic E-state index is 0.335. The maximum Gasteiger partial charge on any atom is 0.0802 e. The van der Waals surface area contributed by atoms with Crippen molar-refractivity contribution < 1.29 is 5.11 Å². The summed E-state index contributed by atoms with van der Waals surface area (Å²) in [7, 11) is 0. The molecule has 0 aromatic heterocycles. The van der Waals surface area contributed by atoms with Crippen LogP contribution in [-0.4, -0.2) is 29.6 Å². The molecule has 2 rings (SSSR count). The maximum atomic E-state index is 10.2. The van der Waals surface area contributed by atoms with Gasteiger partial charge < -0.3 is 10.0 Å². The van der Waals surface area contributed by atoms with Crippen LogP contribution in [-0.2, 0) is 0 Å². The fourth-order valence-electron chi connectivity index (χ4n) is 2.53. The number of nitrogens with zero attached hydrogens (tertiary/aromatic N) is 1. The van der Waals surface area contributed by atoms with Gasteiger partial charge in [-0.3, -0.25) is 0 Å². The minimum Gasteiger partial charge on any atom is -0.388 e. The highest BCUT2D eigenvalue weighted by molar-refractivity contribution is 9.10. The number of piperidine rings is 1. The molecule has 1 saturated heterocycles. The monoisotopic (exact) mass is 311 g/mol. The van der Waals surface area contributed by atoms with E-state index in [4.69, 9.17) is 0 Å². The highest BCUT2D eigenvalue weighted by Crippen LogP contribution is 2.23. The number of aliphatic hydroxyl groups excluding tert-OH is 1. The van der Waals surface area contributed by atoms with Crippen molar-refractivity contribution in [2.24, 2.45) is 0 Å². The first-order valence-corrected chi connectivity index (χ1v) is 7.62. The van der Waals surface area contributed by atoms with Crippen LogP contribution in [0.3, 0.4) is 0 Å². The summed E-state index contributed by atoms with van der Waals surface area (Å²) in [4.78, 5) is 2.47. The van der Waals surface area contributed by atoms with E-state index in [-0.39, 0.29) is 6.10 Å². The Morgan fingerprint density at radius 3 is 2.67 bits per heavy atom. The van der Waals surface area contributed by atoms with Gasteiger partial charge in [0, 0.05) is 11.0 Å². The Morgan fingerprint density at radius 1 is 1.28 bits per heavy atom. The number of aliphatic hydroxyl groups is 1. The summed E-state index contributed by atoms with van der Waals surface area (Å²) in [5.41, 5.74) is 2.22. The predicted molar refractivity (Wildman–Crippen MR) is 78.7 cm³/mol. The summed E-state index contributed by atoms with van der Waals surface area (Å²) in [6.07, 6.45) is 4.49. The number of rotatable bonds is 4. The van der Waals surface area contributed by atoms with Gasteiger partial charge in [-0.25, -0.2) is 0 Å². The largest absolute Gasteiger partial charge is 0.388 e. The average molecular weight is 312 g/mol. The topological polar surface area (TPSA) is 23.5 Å². The van der Waals surface area contributed by atoms with Crippen LogP contribution in [0.15, 0.2) is 22.7 Å². The Hall–Kier alpha value is -0.380. The Morgan fingerprint density at radius 2 is 2.00 bits per heavy atom. The summed E-state index contributed by atoms with van der Waals surface area (Å²) in [6.45, 7) is 5.47. The summed E-state index contributed by atoms with van der Waals surface area (Å²) < 4.78 is 1.11. The molecule has 18 heavy (non-hydrogen) atoms. The second kappa shape index (κ2) is 6.69. The average Bonchev–Trinajstić information content (AvgIpc) is 2.40. The predicted octanol–water partition coefficient (Wildman–Crippen LogP) is 3.67. The first-order chi connectivity index (χ1) is 8.66. The second-order valence-corrected chi connectivity index (χ2v) is 6.07. The molecule has 0 radical (unpaired) electrons. The van der Waals surface area contributed by atoms with E-state index in [1.165, 1.54) is 37.9 Å². The lowest BCUT2D eigenvalue weighted by molar-refractivity contribution is 0.134. The van der Waals surface area contributed by atoms with Crippen LogP contribution in [0.2, 0.25) is 0 Å². The van der Waals surface area contributed by atoms with E-state index in [9.17, 15) is 5.11 Å². The molecule has 1 unspecified atom stereocenters. The van der Waals surface area contributed by atoms with Gasteiger partial charge in [0.05, 0.1) is 6.10 Å². The molecular formula is C15H22BrNO. The van der Waals surface area contributed by atoms with Crippen LogP contribution in [0.4, 0.5) is 0 Å². The van der Waals surface area contributed by atoms with E-state index in [0.717, 1.165) is 23.0 Å². The molecule has 100 valence electrons. The van der Waals surface area contributed by atoms with Crippen molar-refractivity contribution in [3.05, 3.63) is 33.8 Å². The van der Waals surface area contributed by atoms with E-state index < -0.39 is 0 Å². The van der Waals surface area contributed by atoms with E-state index >= 15 is 0 Å². The smallest absolute Gasteiger partial charge is 0.0802 e. The lowest BCUT2D eigenvalue weighted by atomic mass is 10.0. The quantitative estimate of drug-likeness (QED) is 0.917. The molecule has 0 bridgehead atoms. The van der Waals surface area contributed by atoms with Gasteiger partial charge in [0.1, 0.15) is 0 Å². The van der Waals surface area contributed by atoms with Crippen molar-refractivity contribution in [3.8, 4) is 0 Å². The summed E-state index contributed by atoms with van der Waals surface area (Å²) >= 11 is 3.49. The fourth-order valence-corrected chi connectivity index (χ4v) is 2.78. The van der Waals surface area contributed by atoms with Gasteiger partial charge >= 0.3 is 0 Å². The summed E-state index contributed by atoms with van der Waals surface area (Å²) in [6, 6.07) is 6.11. The first kappa shape index (κ1) is 14.0. The van der Waals surface area contributed by atoms with Crippen LogP contribution in [0.5, 0.6) is 0 Å². The Labute approximate surface area is 118 Å². The van der Waals surface area contributed by atoms with E-state index in [0.29, 0.717) is 0 Å². The number of halogens is 1. The van der Waals surface area contributed by atoms with Gasteiger partial charge in [0.15, 0.2) is 0 Å². The highest BCUT2D eigenvalue weighted by Gasteiger charge is 2.13. The van der Waals surface area contributed by atoms with Crippen molar-refractivity contribution in [2.45, 2.75) is 38.7 Å². The van der Waals surface area contributed by atoms with E-state index in [1.807, 2.05) is 12.1 Å². The summed E-state index contributed by atoms with van der Waals surface area (Å²) in [5.74, 6) is 0. The molecule has 0 saturated carbocycles. The van der Waals surface area contributed by atoms with Gasteiger partial charge in [0.25, 0.3) is 0 Å². The number of aryl methyl sites for hydroxylation is 1. The first-order valence-electron chi connectivity index (χ1n) is 6.83. The fraction of sp³-hybridized carbons (Fsp3) is 0.600. The Bertz CT molecular complexity index is 388. The lowest BCUT2D eigenvalue weighted by Crippen LogP contribution is -2.31. The zero-order valence-electron chi connectivity index (χ0n) is 11.0. The van der Waals surface area contributed by atoms with Crippen molar-refractivity contribution in [3.63, 3.8) is 0 Å². The van der Waals surface area contributed by atoms with Crippen LogP contribution >= 0.6 is 15.9 Å². The molecule has 1 aromatic carbocycles. The van der Waals surface area contributed by atoms with Gasteiger partial charge in [-0.1, -0.05) is 34.5 Å². The maximum absolute atomic E-state index is 10.2. The molecule has 0 aliphatic carbocycles. The number of hydrogen-bond donors (Lipinski definition) is 1. The van der Waals surface area contributed by atoms with Crippen LogP contribution < -0.4 is 0 Å². The zero-order chi connectivity index (χ0) is 13.0. The van der Waals surface area contributed by atoms with Crippen LogP contribution in [0.1, 0.15) is 42.9 Å². The Balaban J connectivity index is 1.86. The Kier molecular flexibility index (Phi) is 5.22. The molecule has 1 aliphatic rings. The van der Waals surface area contributed by atoms with Gasteiger partial charge in [-0.05, 0) is 56.5 Å². The second-order valence-electron chi connectivity index (χ2n) is 5.22. The zero-order valence-corrected chi connectivity index (χ0v) is 12.6. The third-order valence-corrected chi connectivity index (χ3v) is 4.62. The van der Waals surface area contributed by atoms with E-state index in [2.05, 4.69) is 33.8 Å². The molecular weight excluding hydrogens is 290 g/mol. The normalized spacial score (nSPS) is 18.8. The molecule has 1 aliphatic heterocycles. The molecule has 1 heterocycles. The van der Waals surface area contributed by atoms with Crippen molar-refractivity contribution in [2.75, 3.05) is 19.6 Å². The molecule has 1 N–H and O–H groups in total. The minimum atomic E-state index is -0.335. The molecule has 2 nitrogen and oxygen atoms in total. The van der Waals surface area contributed by atoms with Crippen molar-refractivity contribution in [1.82, 2.24) is 4.90 Å². The third kappa shape index (κ3) is 3.81. The van der Waals surface area contributed by atoms with E-state index in [1.54, 1.807) is 0 Å². The summed E-state index contributed by atoms with van der Waals surface area (Å²) in [5, 5.41) is 10.2. The molecule has 0 amide bonds.